The van der Waals surface area contributed by atoms with E-state index in [-0.39, 0.29) is 0 Å². The van der Waals surface area contributed by atoms with Gasteiger partial charge < -0.3 is 9.84 Å². The first-order chi connectivity index (χ1) is 20.3. The van der Waals surface area contributed by atoms with E-state index in [1.165, 1.54) is 4.68 Å². The number of carbonyl (C=O) groups is 2. The molecule has 7 rings (SSSR count). The molecule has 0 bridgehead atoms. The Labute approximate surface area is 249 Å². The highest BCUT2D eigenvalue weighted by atomic mass is 32.1. The van der Waals surface area contributed by atoms with Gasteiger partial charge in [0.2, 0.25) is 0 Å². The first kappa shape index (κ1) is 26.4. The van der Waals surface area contributed by atoms with Crippen LogP contribution in [0.3, 0.4) is 0 Å². The third kappa shape index (κ3) is 4.43. The number of carboxylic acids is 1. The van der Waals surface area contributed by atoms with Crippen LogP contribution in [-0.2, 0) is 22.0 Å². The molecule has 0 spiro atoms. The lowest BCUT2D eigenvalue weighted by atomic mass is 9.88. The van der Waals surface area contributed by atoms with E-state index in [2.05, 4.69) is 39.9 Å². The van der Waals surface area contributed by atoms with Crippen molar-refractivity contribution >= 4 is 60.7 Å². The number of aliphatic carboxylic acids is 1. The Bertz CT molecular complexity index is 1960. The Hall–Kier alpha value is -4.54. The predicted molar refractivity (Wildman–Crippen MR) is 166 cm³/mol. The second kappa shape index (κ2) is 10.1. The maximum atomic E-state index is 12.8. The second-order valence-corrected chi connectivity index (χ2v) is 12.7. The van der Waals surface area contributed by atoms with Crippen LogP contribution in [0.5, 0.6) is 0 Å². The Balaban J connectivity index is 1.17. The summed E-state index contributed by atoms with van der Waals surface area (Å²) in [5.74, 6) is -0.287. The van der Waals surface area contributed by atoms with Crippen molar-refractivity contribution in [1.29, 1.82) is 0 Å². The van der Waals surface area contributed by atoms with E-state index in [0.717, 1.165) is 46.6 Å². The third-order valence-corrected chi connectivity index (χ3v) is 10.2. The zero-order valence-electron chi connectivity index (χ0n) is 22.8. The lowest BCUT2D eigenvalue weighted by molar-refractivity contribution is -0.140. The van der Waals surface area contributed by atoms with Crippen LogP contribution in [0.15, 0.2) is 78.9 Å². The van der Waals surface area contributed by atoms with Crippen molar-refractivity contribution in [2.45, 2.75) is 31.3 Å². The Morgan fingerprint density at radius 2 is 1.62 bits per heavy atom. The third-order valence-electron chi connectivity index (χ3n) is 7.90. The monoisotopic (exact) mass is 594 g/mol. The molecular formula is C32H26N4O4S2. The van der Waals surface area contributed by atoms with Gasteiger partial charge in [0.15, 0.2) is 5.82 Å². The van der Waals surface area contributed by atoms with Gasteiger partial charge in [-0.15, -0.1) is 27.8 Å². The number of aromatic nitrogens is 3. The number of ether oxygens (including phenoxy) is 1. The maximum absolute atomic E-state index is 12.8. The fourth-order valence-electron chi connectivity index (χ4n) is 5.48. The van der Waals surface area contributed by atoms with Crippen molar-refractivity contribution in [2.75, 3.05) is 5.32 Å². The van der Waals surface area contributed by atoms with E-state index in [1.54, 1.807) is 29.7 Å². The van der Waals surface area contributed by atoms with Crippen LogP contribution in [-0.4, -0.2) is 32.2 Å². The van der Waals surface area contributed by atoms with E-state index in [1.807, 2.05) is 61.5 Å². The minimum atomic E-state index is -0.767. The van der Waals surface area contributed by atoms with Gasteiger partial charge in [-0.2, -0.15) is 0 Å². The summed E-state index contributed by atoms with van der Waals surface area (Å²) in [6, 6.07) is 25.9. The van der Waals surface area contributed by atoms with Crippen LogP contribution in [0.25, 0.3) is 41.2 Å². The number of nitrogens with zero attached hydrogens (tertiary/aromatic N) is 3. The summed E-state index contributed by atoms with van der Waals surface area (Å²) in [5.41, 5.74) is 2.70. The molecular weight excluding hydrogens is 569 g/mol. The number of carbonyl (C=O) groups excluding carboxylic acids is 1. The number of hydrogen-bond acceptors (Lipinski definition) is 7. The van der Waals surface area contributed by atoms with E-state index in [9.17, 15) is 14.7 Å². The Kier molecular flexibility index (Phi) is 6.32. The van der Waals surface area contributed by atoms with Gasteiger partial charge in [0.1, 0.15) is 11.8 Å². The molecule has 0 aliphatic heterocycles. The van der Waals surface area contributed by atoms with Crippen molar-refractivity contribution in [3.05, 3.63) is 90.0 Å². The molecule has 1 aliphatic carbocycles. The molecule has 10 heteroatoms. The first-order valence-corrected chi connectivity index (χ1v) is 15.2. The van der Waals surface area contributed by atoms with E-state index in [0.29, 0.717) is 24.4 Å². The number of thiophene rings is 2. The number of carboxylic acid groups (broad SMARTS) is 1. The maximum Gasteiger partial charge on any atom is 0.413 e. The summed E-state index contributed by atoms with van der Waals surface area (Å²) in [6.45, 7) is 1.83. The molecule has 42 heavy (non-hydrogen) atoms. The number of fused-ring (bicyclic) bond motifs is 2. The van der Waals surface area contributed by atoms with Crippen molar-refractivity contribution < 1.29 is 19.4 Å². The zero-order chi connectivity index (χ0) is 29.0. The lowest BCUT2D eigenvalue weighted by Crippen LogP contribution is -2.19. The minimum Gasteiger partial charge on any atom is -0.481 e. The zero-order valence-corrected chi connectivity index (χ0v) is 24.5. The predicted octanol–water partition coefficient (Wildman–Crippen LogP) is 8.00. The highest BCUT2D eigenvalue weighted by molar-refractivity contribution is 7.31. The number of rotatable bonds is 7. The molecule has 0 radical (unpaired) electrons. The van der Waals surface area contributed by atoms with Gasteiger partial charge in [0.05, 0.1) is 10.3 Å². The molecule has 2 N–H and O–H groups in total. The van der Waals surface area contributed by atoms with Crippen LogP contribution >= 0.6 is 22.7 Å². The standard InChI is InChI=1S/C32H26N4O4S2/c1-18(19-8-4-3-5-9-19)40-31(39)33-29-28(34-35-36(29)2)27-17-26-25(42-27)16-24(41-26)22-12-13-23(32(14-15-32)30(37)38)21-11-7-6-10-20(21)22/h3-13,16-18H,14-15H2,1-2H3,(H,33,39)(H,37,38). The summed E-state index contributed by atoms with van der Waals surface area (Å²) < 4.78 is 9.32. The highest BCUT2D eigenvalue weighted by Crippen LogP contribution is 2.52. The number of benzene rings is 3. The van der Waals surface area contributed by atoms with Crippen molar-refractivity contribution in [2.24, 2.45) is 7.05 Å². The van der Waals surface area contributed by atoms with Gasteiger partial charge in [-0.25, -0.2) is 9.48 Å². The van der Waals surface area contributed by atoms with Crippen LogP contribution in [0.1, 0.15) is 37.0 Å². The first-order valence-electron chi connectivity index (χ1n) is 13.6. The molecule has 210 valence electrons. The summed E-state index contributed by atoms with van der Waals surface area (Å²) >= 11 is 3.26. The lowest BCUT2D eigenvalue weighted by Gasteiger charge is -2.15. The fraction of sp³-hybridized carbons (Fsp3) is 0.188. The van der Waals surface area contributed by atoms with Gasteiger partial charge in [0.25, 0.3) is 0 Å². The summed E-state index contributed by atoms with van der Waals surface area (Å²) in [7, 11) is 1.73. The fourth-order valence-corrected chi connectivity index (χ4v) is 7.90. The average Bonchev–Trinajstić information content (AvgIpc) is 3.40. The van der Waals surface area contributed by atoms with Crippen LogP contribution in [0.2, 0.25) is 0 Å². The molecule has 1 fully saturated rings. The minimum absolute atomic E-state index is 0.412. The molecule has 3 aromatic carbocycles. The summed E-state index contributed by atoms with van der Waals surface area (Å²) in [6.07, 6.45) is 0.355. The van der Waals surface area contributed by atoms with Gasteiger partial charge >= 0.3 is 12.1 Å². The summed E-state index contributed by atoms with van der Waals surface area (Å²) in [4.78, 5) is 26.8. The smallest absolute Gasteiger partial charge is 0.413 e. The van der Waals surface area contributed by atoms with Crippen molar-refractivity contribution in [3.63, 3.8) is 0 Å². The van der Waals surface area contributed by atoms with Crippen molar-refractivity contribution in [3.8, 4) is 21.0 Å². The highest BCUT2D eigenvalue weighted by Gasteiger charge is 2.52. The van der Waals surface area contributed by atoms with E-state index < -0.39 is 23.6 Å². The molecule has 3 heterocycles. The number of amides is 1. The quantitative estimate of drug-likeness (QED) is 0.194. The molecule has 1 aliphatic rings. The van der Waals surface area contributed by atoms with Crippen LogP contribution < -0.4 is 5.32 Å². The van der Waals surface area contributed by atoms with Crippen LogP contribution in [0.4, 0.5) is 10.6 Å². The number of hydrogen-bond donors (Lipinski definition) is 2. The van der Waals surface area contributed by atoms with Gasteiger partial charge in [0, 0.05) is 21.3 Å². The normalized spacial score (nSPS) is 14.6. The average molecular weight is 595 g/mol. The van der Waals surface area contributed by atoms with E-state index in [4.69, 9.17) is 4.74 Å². The molecule has 1 amide bonds. The SMILES string of the molecule is CC(OC(=O)Nc1c(-c2cc3sc(-c4ccc(C5(C(=O)O)CC5)c5ccccc45)cc3s2)nnn1C)c1ccccc1. The Morgan fingerprint density at radius 3 is 2.33 bits per heavy atom. The number of aryl methyl sites for hydroxylation is 1. The molecule has 1 saturated carbocycles. The largest absolute Gasteiger partial charge is 0.481 e. The molecule has 3 aromatic heterocycles. The number of nitrogens with one attached hydrogen (secondary N) is 1. The molecule has 1 atom stereocenters. The molecule has 8 nitrogen and oxygen atoms in total. The topological polar surface area (TPSA) is 106 Å². The van der Waals surface area contributed by atoms with Gasteiger partial charge in [-0.1, -0.05) is 71.9 Å². The van der Waals surface area contributed by atoms with Crippen LogP contribution in [0, 0.1) is 0 Å². The second-order valence-electron chi connectivity index (χ2n) is 10.5. The van der Waals surface area contributed by atoms with Gasteiger partial charge in [-0.3, -0.25) is 10.1 Å². The molecule has 0 saturated heterocycles. The van der Waals surface area contributed by atoms with Crippen molar-refractivity contribution in [1.82, 2.24) is 15.0 Å². The van der Waals surface area contributed by atoms with E-state index >= 15 is 0 Å². The Morgan fingerprint density at radius 1 is 0.952 bits per heavy atom. The summed E-state index contributed by atoms with van der Waals surface area (Å²) in [5, 5.41) is 23.3. The molecule has 1 unspecified atom stereocenters. The van der Waals surface area contributed by atoms with Gasteiger partial charge in [-0.05, 0) is 59.4 Å². The molecule has 6 aromatic rings. The number of anilines is 1.